The van der Waals surface area contributed by atoms with E-state index in [0.29, 0.717) is 24.2 Å². The fourth-order valence-electron chi connectivity index (χ4n) is 5.09. The molecule has 2 aromatic carbocycles. The van der Waals surface area contributed by atoms with E-state index in [1.807, 2.05) is 12.1 Å². The molecule has 0 spiro atoms. The molecule has 1 heterocycles. The van der Waals surface area contributed by atoms with Gasteiger partial charge in [0.2, 0.25) is 0 Å². The van der Waals surface area contributed by atoms with Gasteiger partial charge in [0.1, 0.15) is 17.4 Å². The largest absolute Gasteiger partial charge is 0.489 e. The number of aliphatic carboxylic acids is 1. The molecule has 1 saturated heterocycles. The lowest BCUT2D eigenvalue weighted by atomic mass is 9.86. The molecule has 0 atom stereocenters. The number of carbonyl (C=O) groups is 1. The Morgan fingerprint density at radius 2 is 1.84 bits per heavy atom. The van der Waals surface area contributed by atoms with Gasteiger partial charge in [-0.05, 0) is 80.6 Å². The molecule has 1 saturated carbocycles. The van der Waals surface area contributed by atoms with Gasteiger partial charge in [0.25, 0.3) is 0 Å². The van der Waals surface area contributed by atoms with Crippen molar-refractivity contribution in [1.82, 2.24) is 4.90 Å². The molecule has 2 fully saturated rings. The van der Waals surface area contributed by atoms with Crippen LogP contribution in [-0.4, -0.2) is 35.2 Å². The molecule has 2 aliphatic rings. The molecule has 1 aliphatic carbocycles. The predicted molar refractivity (Wildman–Crippen MR) is 121 cm³/mol. The molecule has 4 rings (SSSR count). The Balaban J connectivity index is 1.49. The quantitative estimate of drug-likeness (QED) is 0.681. The highest BCUT2D eigenvalue weighted by Gasteiger charge is 2.25. The zero-order valence-electron chi connectivity index (χ0n) is 18.3. The lowest BCUT2D eigenvalue weighted by Crippen LogP contribution is -2.35. The Hall–Kier alpha value is -2.58. The van der Waals surface area contributed by atoms with Crippen molar-refractivity contribution >= 4 is 16.7 Å². The molecule has 0 radical (unpaired) electrons. The van der Waals surface area contributed by atoms with Crippen LogP contribution in [0.1, 0.15) is 63.0 Å². The fourth-order valence-corrected chi connectivity index (χ4v) is 5.09. The van der Waals surface area contributed by atoms with Gasteiger partial charge >= 0.3 is 5.97 Å². The Bertz CT molecular complexity index is 965. The number of hydrogen-bond donors (Lipinski definition) is 1. The number of benzene rings is 2. The van der Waals surface area contributed by atoms with E-state index in [0.717, 1.165) is 54.7 Å². The van der Waals surface area contributed by atoms with Crippen molar-refractivity contribution in [3.63, 3.8) is 0 Å². The number of fused-ring (bicyclic) bond motifs is 1. The summed E-state index contributed by atoms with van der Waals surface area (Å²) in [6.07, 6.45) is 7.38. The van der Waals surface area contributed by atoms with Gasteiger partial charge in [-0.25, -0.2) is 0 Å². The topological polar surface area (TPSA) is 73.6 Å². The molecular formula is C26H32N2O3. The fraction of sp³-hybridized carbons (Fsp3) is 0.538. The molecule has 0 amide bonds. The Morgan fingerprint density at radius 1 is 1.13 bits per heavy atom. The van der Waals surface area contributed by atoms with E-state index < -0.39 is 5.97 Å². The maximum atomic E-state index is 11.2. The lowest BCUT2D eigenvalue weighted by molar-refractivity contribution is -0.143. The van der Waals surface area contributed by atoms with E-state index in [-0.39, 0.29) is 12.0 Å². The van der Waals surface area contributed by atoms with Crippen molar-refractivity contribution < 1.29 is 14.6 Å². The highest BCUT2D eigenvalue weighted by atomic mass is 16.5. The normalized spacial score (nSPS) is 22.8. The first kappa shape index (κ1) is 21.6. The smallest absolute Gasteiger partial charge is 0.306 e. The van der Waals surface area contributed by atoms with Crippen molar-refractivity contribution in [3.05, 3.63) is 41.5 Å². The SMILES string of the molecule is CC[C@H]1CC[C@@H](Oc2ccc3ccc(CN4CCC(C(=O)O)CC4)cc3c2C#N)CC1. The highest BCUT2D eigenvalue weighted by Crippen LogP contribution is 2.33. The highest BCUT2D eigenvalue weighted by molar-refractivity contribution is 5.90. The number of piperidine rings is 1. The van der Waals surface area contributed by atoms with Crippen LogP contribution in [0.2, 0.25) is 0 Å². The van der Waals surface area contributed by atoms with Crippen LogP contribution in [0.4, 0.5) is 0 Å². The van der Waals surface area contributed by atoms with Crippen LogP contribution in [-0.2, 0) is 11.3 Å². The number of likely N-dealkylation sites (tertiary alicyclic amines) is 1. The third-order valence-corrected chi connectivity index (χ3v) is 7.17. The van der Waals surface area contributed by atoms with Crippen LogP contribution in [0.3, 0.4) is 0 Å². The van der Waals surface area contributed by atoms with E-state index in [9.17, 15) is 15.2 Å². The molecule has 1 N–H and O–H groups in total. The average Bonchev–Trinajstić information content (AvgIpc) is 2.80. The Kier molecular flexibility index (Phi) is 6.77. The van der Waals surface area contributed by atoms with E-state index in [1.165, 1.54) is 19.3 Å². The summed E-state index contributed by atoms with van der Waals surface area (Å²) in [4.78, 5) is 13.5. The lowest BCUT2D eigenvalue weighted by Gasteiger charge is -2.30. The number of hydrogen-bond acceptors (Lipinski definition) is 4. The van der Waals surface area contributed by atoms with Crippen molar-refractivity contribution in [2.75, 3.05) is 13.1 Å². The maximum absolute atomic E-state index is 11.2. The van der Waals surface area contributed by atoms with Gasteiger partial charge in [-0.3, -0.25) is 9.69 Å². The van der Waals surface area contributed by atoms with E-state index in [2.05, 4.69) is 36.1 Å². The molecular weight excluding hydrogens is 388 g/mol. The van der Waals surface area contributed by atoms with Crippen LogP contribution in [0.5, 0.6) is 5.75 Å². The number of carboxylic acid groups (broad SMARTS) is 1. The number of nitrogens with zero attached hydrogens (tertiary/aromatic N) is 2. The van der Waals surface area contributed by atoms with Crippen LogP contribution in [0.25, 0.3) is 10.8 Å². The third kappa shape index (κ3) is 5.02. The molecule has 1 aliphatic heterocycles. The van der Waals surface area contributed by atoms with E-state index in [1.54, 1.807) is 0 Å². The standard InChI is InChI=1S/C26H32N2O3/c1-2-18-4-8-22(9-5-18)31-25-10-7-20-6-3-19(15-23(20)24(25)16-27)17-28-13-11-21(12-14-28)26(29)30/h3,6-7,10,15,18,21-22H,2,4-5,8-9,11-14,17H2,1H3,(H,29,30)/t18-,22+. The van der Waals surface area contributed by atoms with Gasteiger partial charge in [0.15, 0.2) is 0 Å². The average molecular weight is 421 g/mol. The summed E-state index contributed by atoms with van der Waals surface area (Å²) in [5.41, 5.74) is 1.78. The Labute approximate surface area is 184 Å². The van der Waals surface area contributed by atoms with Gasteiger partial charge in [-0.15, -0.1) is 0 Å². The van der Waals surface area contributed by atoms with Crippen molar-refractivity contribution in [2.24, 2.45) is 11.8 Å². The molecule has 0 unspecified atom stereocenters. The second kappa shape index (κ2) is 9.70. The van der Waals surface area contributed by atoms with Gasteiger partial charge in [0, 0.05) is 11.9 Å². The first-order chi connectivity index (χ1) is 15.1. The summed E-state index contributed by atoms with van der Waals surface area (Å²) in [6.45, 7) is 4.63. The molecule has 164 valence electrons. The summed E-state index contributed by atoms with van der Waals surface area (Å²) in [7, 11) is 0. The number of nitriles is 1. The summed E-state index contributed by atoms with van der Waals surface area (Å²) in [5.74, 6) is 0.620. The van der Waals surface area contributed by atoms with E-state index >= 15 is 0 Å². The first-order valence-electron chi connectivity index (χ1n) is 11.6. The molecule has 0 bridgehead atoms. The minimum atomic E-state index is -0.681. The van der Waals surface area contributed by atoms with Crippen LogP contribution < -0.4 is 4.74 Å². The summed E-state index contributed by atoms with van der Waals surface area (Å²) >= 11 is 0. The van der Waals surface area contributed by atoms with Crippen LogP contribution >= 0.6 is 0 Å². The number of ether oxygens (including phenoxy) is 1. The minimum absolute atomic E-state index is 0.200. The van der Waals surface area contributed by atoms with Crippen LogP contribution in [0, 0.1) is 23.2 Å². The monoisotopic (exact) mass is 420 g/mol. The van der Waals surface area contributed by atoms with Crippen LogP contribution in [0.15, 0.2) is 30.3 Å². The van der Waals surface area contributed by atoms with E-state index in [4.69, 9.17) is 4.74 Å². The molecule has 5 heteroatoms. The summed E-state index contributed by atoms with van der Waals surface area (Å²) in [6, 6.07) is 12.7. The maximum Gasteiger partial charge on any atom is 0.306 e. The summed E-state index contributed by atoms with van der Waals surface area (Å²) < 4.78 is 6.31. The van der Waals surface area contributed by atoms with Crippen molar-refractivity contribution in [1.29, 1.82) is 5.26 Å². The zero-order chi connectivity index (χ0) is 21.8. The van der Waals surface area contributed by atoms with Gasteiger partial charge in [-0.1, -0.05) is 31.5 Å². The van der Waals surface area contributed by atoms with Gasteiger partial charge in [0.05, 0.1) is 12.0 Å². The number of rotatable bonds is 6. The molecule has 0 aromatic heterocycles. The summed E-state index contributed by atoms with van der Waals surface area (Å²) in [5, 5.41) is 21.1. The minimum Gasteiger partial charge on any atom is -0.489 e. The first-order valence-corrected chi connectivity index (χ1v) is 11.6. The molecule has 31 heavy (non-hydrogen) atoms. The second-order valence-electron chi connectivity index (χ2n) is 9.16. The van der Waals surface area contributed by atoms with Crippen molar-refractivity contribution in [3.8, 4) is 11.8 Å². The molecule has 2 aromatic rings. The number of carboxylic acids is 1. The third-order valence-electron chi connectivity index (χ3n) is 7.17. The molecule has 5 nitrogen and oxygen atoms in total. The second-order valence-corrected chi connectivity index (χ2v) is 9.16. The van der Waals surface area contributed by atoms with Gasteiger partial charge in [-0.2, -0.15) is 5.26 Å². The Morgan fingerprint density at radius 3 is 2.48 bits per heavy atom. The van der Waals surface area contributed by atoms with Crippen molar-refractivity contribution in [2.45, 2.75) is 64.5 Å². The zero-order valence-corrected chi connectivity index (χ0v) is 18.3. The predicted octanol–water partition coefficient (Wildman–Crippen LogP) is 5.36. The van der Waals surface area contributed by atoms with Gasteiger partial charge < -0.3 is 9.84 Å².